The second-order valence-electron chi connectivity index (χ2n) is 5.98. The number of rotatable bonds is 6. The van der Waals surface area contributed by atoms with Crippen molar-refractivity contribution in [2.45, 2.75) is 26.3 Å². The highest BCUT2D eigenvalue weighted by Gasteiger charge is 2.33. The van der Waals surface area contributed by atoms with Gasteiger partial charge in [-0.2, -0.15) is 0 Å². The molecule has 1 aliphatic heterocycles. The summed E-state index contributed by atoms with van der Waals surface area (Å²) in [6.07, 6.45) is 0.354. The minimum Gasteiger partial charge on any atom is -0.481 e. The number of aryl methyl sites for hydroxylation is 1. The zero-order valence-corrected chi connectivity index (χ0v) is 14.6. The number of nitrogens with zero attached hydrogens (tertiary/aromatic N) is 1. The Kier molecular flexibility index (Phi) is 6.25. The quantitative estimate of drug-likeness (QED) is 0.807. The van der Waals surface area contributed by atoms with Gasteiger partial charge in [-0.3, -0.25) is 14.4 Å². The van der Waals surface area contributed by atoms with Gasteiger partial charge in [-0.05, 0) is 18.9 Å². The zero-order valence-electron chi connectivity index (χ0n) is 13.8. The molecule has 0 spiro atoms. The number of benzene rings is 1. The van der Waals surface area contributed by atoms with Gasteiger partial charge in [0.15, 0.2) is 0 Å². The number of carbonyl (C=O) groups excluding carboxylic acids is 2. The molecule has 6 nitrogen and oxygen atoms in total. The minimum absolute atomic E-state index is 0.0506. The average molecular weight is 350 g/mol. The van der Waals surface area contributed by atoms with Crippen LogP contribution in [-0.2, 0) is 20.8 Å². The van der Waals surface area contributed by atoms with Gasteiger partial charge in [0, 0.05) is 19.2 Å². The van der Waals surface area contributed by atoms with E-state index in [1.165, 1.54) is 23.6 Å². The van der Waals surface area contributed by atoms with Gasteiger partial charge in [0.2, 0.25) is 11.8 Å². The SMILES string of the molecule is CC(=O)N1CSC[C@H]1C(=O)NC[C@H](Cc1cccc(C)c1)C(=O)O. The molecule has 0 radical (unpaired) electrons. The van der Waals surface area contributed by atoms with Crippen molar-refractivity contribution in [1.82, 2.24) is 10.2 Å². The Balaban J connectivity index is 1.95. The van der Waals surface area contributed by atoms with E-state index in [1.807, 2.05) is 31.2 Å². The van der Waals surface area contributed by atoms with Gasteiger partial charge < -0.3 is 15.3 Å². The lowest BCUT2D eigenvalue weighted by Gasteiger charge is -2.22. The van der Waals surface area contributed by atoms with Crippen LogP contribution in [0.2, 0.25) is 0 Å². The lowest BCUT2D eigenvalue weighted by molar-refractivity contribution is -0.142. The van der Waals surface area contributed by atoms with Crippen LogP contribution in [0.1, 0.15) is 18.1 Å². The predicted molar refractivity (Wildman–Crippen MR) is 92.7 cm³/mol. The summed E-state index contributed by atoms with van der Waals surface area (Å²) in [6, 6.07) is 7.16. The maximum absolute atomic E-state index is 12.3. The lowest BCUT2D eigenvalue weighted by Crippen LogP contribution is -2.48. The third kappa shape index (κ3) is 4.74. The normalized spacial score (nSPS) is 18.2. The monoisotopic (exact) mass is 350 g/mol. The summed E-state index contributed by atoms with van der Waals surface area (Å²) in [4.78, 5) is 36.8. The molecule has 0 aliphatic carbocycles. The van der Waals surface area contributed by atoms with Gasteiger partial charge in [0.05, 0.1) is 11.8 Å². The van der Waals surface area contributed by atoms with Crippen LogP contribution in [0.25, 0.3) is 0 Å². The largest absolute Gasteiger partial charge is 0.481 e. The van der Waals surface area contributed by atoms with Crippen LogP contribution in [0.5, 0.6) is 0 Å². The van der Waals surface area contributed by atoms with E-state index < -0.39 is 17.9 Å². The molecular formula is C17H22N2O4S. The van der Waals surface area contributed by atoms with E-state index in [-0.39, 0.29) is 18.4 Å². The van der Waals surface area contributed by atoms with Crippen molar-refractivity contribution in [1.29, 1.82) is 0 Å². The van der Waals surface area contributed by atoms with Gasteiger partial charge in [-0.15, -0.1) is 11.8 Å². The molecule has 0 saturated carbocycles. The van der Waals surface area contributed by atoms with Gasteiger partial charge in [-0.1, -0.05) is 29.8 Å². The molecule has 1 aromatic carbocycles. The summed E-state index contributed by atoms with van der Waals surface area (Å²) in [7, 11) is 0. The van der Waals surface area contributed by atoms with Gasteiger partial charge in [0.1, 0.15) is 6.04 Å². The molecule has 7 heteroatoms. The number of thioether (sulfide) groups is 1. The van der Waals surface area contributed by atoms with Crippen LogP contribution in [0.15, 0.2) is 24.3 Å². The van der Waals surface area contributed by atoms with Crippen molar-refractivity contribution in [2.24, 2.45) is 5.92 Å². The molecule has 0 bridgehead atoms. The van der Waals surface area contributed by atoms with Crippen molar-refractivity contribution in [3.8, 4) is 0 Å². The predicted octanol–water partition coefficient (Wildman–Crippen LogP) is 1.28. The van der Waals surface area contributed by atoms with E-state index in [9.17, 15) is 19.5 Å². The Morgan fingerprint density at radius 3 is 2.79 bits per heavy atom. The molecule has 130 valence electrons. The lowest BCUT2D eigenvalue weighted by atomic mass is 9.98. The van der Waals surface area contributed by atoms with Crippen molar-refractivity contribution >= 4 is 29.5 Å². The van der Waals surface area contributed by atoms with Gasteiger partial charge >= 0.3 is 5.97 Å². The van der Waals surface area contributed by atoms with Crippen LogP contribution in [0.4, 0.5) is 0 Å². The topological polar surface area (TPSA) is 86.7 Å². The second kappa shape index (κ2) is 8.19. The number of amides is 2. The molecule has 2 atom stereocenters. The Bertz CT molecular complexity index is 635. The number of carboxylic acids is 1. The average Bonchev–Trinajstić information content (AvgIpc) is 3.00. The molecule has 1 heterocycles. The maximum Gasteiger partial charge on any atom is 0.308 e. The smallest absolute Gasteiger partial charge is 0.308 e. The molecule has 1 aromatic rings. The van der Waals surface area contributed by atoms with E-state index in [2.05, 4.69) is 5.32 Å². The fraction of sp³-hybridized carbons (Fsp3) is 0.471. The van der Waals surface area contributed by atoms with Crippen LogP contribution < -0.4 is 5.32 Å². The molecule has 1 fully saturated rings. The van der Waals surface area contributed by atoms with Crippen LogP contribution in [-0.4, -0.2) is 52.0 Å². The summed E-state index contributed by atoms with van der Waals surface area (Å²) in [5.41, 5.74) is 2.00. The number of hydrogen-bond acceptors (Lipinski definition) is 4. The van der Waals surface area contributed by atoms with E-state index >= 15 is 0 Å². The first-order valence-electron chi connectivity index (χ1n) is 7.79. The molecule has 0 aromatic heterocycles. The molecule has 2 amide bonds. The number of nitrogens with one attached hydrogen (secondary N) is 1. The molecule has 2 N–H and O–H groups in total. The number of carbonyl (C=O) groups is 3. The third-order valence-corrected chi connectivity index (χ3v) is 5.04. The fourth-order valence-electron chi connectivity index (χ4n) is 2.68. The third-order valence-electron chi connectivity index (χ3n) is 4.03. The highest BCUT2D eigenvalue weighted by Crippen LogP contribution is 2.21. The highest BCUT2D eigenvalue weighted by atomic mass is 32.2. The van der Waals surface area contributed by atoms with Crippen LogP contribution >= 0.6 is 11.8 Å². The summed E-state index contributed by atoms with van der Waals surface area (Å²) >= 11 is 1.52. The number of hydrogen-bond donors (Lipinski definition) is 2. The summed E-state index contributed by atoms with van der Waals surface area (Å²) in [5.74, 6) is -1.03. The first kappa shape index (κ1) is 18.3. The summed E-state index contributed by atoms with van der Waals surface area (Å²) < 4.78 is 0. The number of aliphatic carboxylic acids is 1. The molecule has 1 aliphatic rings. The highest BCUT2D eigenvalue weighted by molar-refractivity contribution is 7.99. The second-order valence-corrected chi connectivity index (χ2v) is 6.98. The molecule has 0 unspecified atom stereocenters. The molecule has 1 saturated heterocycles. The van der Waals surface area contributed by atoms with E-state index in [4.69, 9.17) is 0 Å². The molecule has 24 heavy (non-hydrogen) atoms. The minimum atomic E-state index is -0.943. The maximum atomic E-state index is 12.3. The van der Waals surface area contributed by atoms with Crippen LogP contribution in [0, 0.1) is 12.8 Å². The van der Waals surface area contributed by atoms with Crippen molar-refractivity contribution in [3.05, 3.63) is 35.4 Å². The van der Waals surface area contributed by atoms with E-state index in [0.29, 0.717) is 18.1 Å². The Morgan fingerprint density at radius 2 is 2.17 bits per heavy atom. The first-order valence-corrected chi connectivity index (χ1v) is 8.95. The Morgan fingerprint density at radius 1 is 1.42 bits per heavy atom. The zero-order chi connectivity index (χ0) is 17.7. The molecule has 2 rings (SSSR count). The summed E-state index contributed by atoms with van der Waals surface area (Å²) in [6.45, 7) is 3.44. The number of carboxylic acid groups (broad SMARTS) is 1. The van der Waals surface area contributed by atoms with Crippen LogP contribution in [0.3, 0.4) is 0 Å². The molecular weight excluding hydrogens is 328 g/mol. The van der Waals surface area contributed by atoms with Crippen molar-refractivity contribution in [2.75, 3.05) is 18.2 Å². The fourth-order valence-corrected chi connectivity index (χ4v) is 3.90. The van der Waals surface area contributed by atoms with Crippen molar-refractivity contribution < 1.29 is 19.5 Å². The first-order chi connectivity index (χ1) is 11.4. The Labute approximate surface area is 145 Å². The van der Waals surface area contributed by atoms with Gasteiger partial charge in [0.25, 0.3) is 0 Å². The summed E-state index contributed by atoms with van der Waals surface area (Å²) in [5, 5.41) is 12.1. The van der Waals surface area contributed by atoms with Crippen molar-refractivity contribution in [3.63, 3.8) is 0 Å². The Hall–Kier alpha value is -2.02. The van der Waals surface area contributed by atoms with Gasteiger partial charge in [-0.25, -0.2) is 0 Å². The van der Waals surface area contributed by atoms with E-state index in [0.717, 1.165) is 11.1 Å². The van der Waals surface area contributed by atoms with E-state index in [1.54, 1.807) is 0 Å². The standard InChI is InChI=1S/C17H22N2O4S/c1-11-4-3-5-13(6-11)7-14(17(22)23)8-18-16(21)15-9-24-10-19(15)12(2)20/h3-6,14-15H,7-10H2,1-2H3,(H,18,21)(H,22,23)/t14-,15-/m0/s1.